The van der Waals surface area contributed by atoms with Crippen molar-refractivity contribution < 1.29 is 9.53 Å². The number of nitrogens with two attached hydrogens (primary N) is 1. The molecule has 1 aromatic rings. The Morgan fingerprint density at radius 2 is 2.16 bits per heavy atom. The van der Waals surface area contributed by atoms with E-state index in [1.807, 2.05) is 36.1 Å². The van der Waals surface area contributed by atoms with Gasteiger partial charge in [-0.3, -0.25) is 9.69 Å². The van der Waals surface area contributed by atoms with E-state index in [9.17, 15) is 4.79 Å². The van der Waals surface area contributed by atoms with Crippen LogP contribution in [-0.2, 0) is 16.1 Å². The summed E-state index contributed by atoms with van der Waals surface area (Å²) in [7, 11) is 1.61. The van der Waals surface area contributed by atoms with Crippen LogP contribution in [0.25, 0.3) is 0 Å². The van der Waals surface area contributed by atoms with Gasteiger partial charge >= 0.3 is 0 Å². The lowest BCUT2D eigenvalue weighted by Crippen LogP contribution is -2.38. The highest BCUT2D eigenvalue weighted by molar-refractivity contribution is 5.78. The fraction of sp³-hybridized carbons (Fsp3) is 0.500. The maximum absolute atomic E-state index is 11.7. The average Bonchev–Trinajstić information content (AvgIpc) is 2.40. The summed E-state index contributed by atoms with van der Waals surface area (Å²) in [4.78, 5) is 13.8. The molecule has 0 unspecified atom stereocenters. The molecule has 1 rings (SSSR count). The van der Waals surface area contributed by atoms with Gasteiger partial charge in [0, 0.05) is 25.9 Å². The number of hydrogen-bond acceptors (Lipinski definition) is 4. The monoisotopic (exact) mass is 265 g/mol. The third-order valence-corrected chi connectivity index (χ3v) is 2.89. The van der Waals surface area contributed by atoms with Crippen LogP contribution in [-0.4, -0.2) is 44.2 Å². The van der Waals surface area contributed by atoms with Crippen molar-refractivity contribution in [3.63, 3.8) is 0 Å². The minimum atomic E-state index is 0.00778. The SMILES string of the molecule is CCN(CC(=O)NCCOC)Cc1ccccc1N. The van der Waals surface area contributed by atoms with Crippen LogP contribution >= 0.6 is 0 Å². The zero-order chi connectivity index (χ0) is 14.1. The van der Waals surface area contributed by atoms with Crippen molar-refractivity contribution in [1.82, 2.24) is 10.2 Å². The van der Waals surface area contributed by atoms with Gasteiger partial charge in [0.1, 0.15) is 0 Å². The predicted molar refractivity (Wildman–Crippen MR) is 76.7 cm³/mol. The van der Waals surface area contributed by atoms with Gasteiger partial charge in [-0.15, -0.1) is 0 Å². The van der Waals surface area contributed by atoms with E-state index in [2.05, 4.69) is 5.32 Å². The Morgan fingerprint density at radius 1 is 1.42 bits per heavy atom. The van der Waals surface area contributed by atoms with Crippen molar-refractivity contribution >= 4 is 11.6 Å². The first-order valence-electron chi connectivity index (χ1n) is 6.48. The van der Waals surface area contributed by atoms with Gasteiger partial charge < -0.3 is 15.8 Å². The topological polar surface area (TPSA) is 67.6 Å². The summed E-state index contributed by atoms with van der Waals surface area (Å²) in [5, 5.41) is 2.81. The highest BCUT2D eigenvalue weighted by Gasteiger charge is 2.10. The van der Waals surface area contributed by atoms with E-state index in [0.717, 1.165) is 17.8 Å². The lowest BCUT2D eigenvalue weighted by molar-refractivity contribution is -0.122. The Morgan fingerprint density at radius 3 is 2.79 bits per heavy atom. The number of anilines is 1. The number of nitrogen functional groups attached to an aromatic ring is 1. The number of benzene rings is 1. The molecule has 0 atom stereocenters. The summed E-state index contributed by atoms with van der Waals surface area (Å²) in [6.07, 6.45) is 0. The summed E-state index contributed by atoms with van der Waals surface area (Å²) in [5.74, 6) is 0.00778. The van der Waals surface area contributed by atoms with Crippen LogP contribution < -0.4 is 11.1 Å². The van der Waals surface area contributed by atoms with Gasteiger partial charge in [0.15, 0.2) is 0 Å². The number of rotatable bonds is 8. The molecule has 0 heterocycles. The molecule has 0 fully saturated rings. The number of para-hydroxylation sites is 1. The van der Waals surface area contributed by atoms with Gasteiger partial charge in [0.25, 0.3) is 0 Å². The summed E-state index contributed by atoms with van der Waals surface area (Å²) in [5.41, 5.74) is 7.72. The summed E-state index contributed by atoms with van der Waals surface area (Å²) < 4.78 is 4.89. The minimum absolute atomic E-state index is 0.00778. The van der Waals surface area contributed by atoms with Gasteiger partial charge in [0.05, 0.1) is 13.2 Å². The Hall–Kier alpha value is -1.59. The molecular weight excluding hydrogens is 242 g/mol. The standard InChI is InChI=1S/C14H23N3O2/c1-3-17(11-14(18)16-8-9-19-2)10-12-6-4-5-7-13(12)15/h4-7H,3,8-11,15H2,1-2H3,(H,16,18). The third-order valence-electron chi connectivity index (χ3n) is 2.89. The van der Waals surface area contributed by atoms with Crippen LogP contribution in [0.4, 0.5) is 5.69 Å². The van der Waals surface area contributed by atoms with Gasteiger partial charge in [-0.25, -0.2) is 0 Å². The van der Waals surface area contributed by atoms with Gasteiger partial charge in [-0.05, 0) is 18.2 Å². The van der Waals surface area contributed by atoms with E-state index < -0.39 is 0 Å². The zero-order valence-electron chi connectivity index (χ0n) is 11.7. The third kappa shape index (κ3) is 5.72. The number of hydrogen-bond donors (Lipinski definition) is 2. The Balaban J connectivity index is 2.45. The van der Waals surface area contributed by atoms with Crippen LogP contribution in [0.1, 0.15) is 12.5 Å². The molecule has 0 aromatic heterocycles. The van der Waals surface area contributed by atoms with Crippen molar-refractivity contribution in [1.29, 1.82) is 0 Å². The van der Waals surface area contributed by atoms with Crippen molar-refractivity contribution in [2.24, 2.45) is 0 Å². The number of nitrogens with zero attached hydrogens (tertiary/aromatic N) is 1. The lowest BCUT2D eigenvalue weighted by atomic mass is 10.1. The molecule has 1 amide bonds. The average molecular weight is 265 g/mol. The smallest absolute Gasteiger partial charge is 0.234 e. The van der Waals surface area contributed by atoms with Crippen LogP contribution in [0.5, 0.6) is 0 Å². The highest BCUT2D eigenvalue weighted by atomic mass is 16.5. The van der Waals surface area contributed by atoms with Crippen LogP contribution in [0, 0.1) is 0 Å². The molecule has 0 spiro atoms. The van der Waals surface area contributed by atoms with Gasteiger partial charge in [-0.2, -0.15) is 0 Å². The molecule has 106 valence electrons. The Labute approximate surface area is 114 Å². The fourth-order valence-corrected chi connectivity index (χ4v) is 1.75. The molecule has 0 radical (unpaired) electrons. The summed E-state index contributed by atoms with van der Waals surface area (Å²) in [6.45, 7) is 4.95. The van der Waals surface area contributed by atoms with Crippen molar-refractivity contribution in [3.05, 3.63) is 29.8 Å². The second-order valence-corrected chi connectivity index (χ2v) is 4.34. The first-order chi connectivity index (χ1) is 9.17. The van der Waals surface area contributed by atoms with Crippen LogP contribution in [0.3, 0.4) is 0 Å². The minimum Gasteiger partial charge on any atom is -0.398 e. The number of carbonyl (C=O) groups excluding carboxylic acids is 1. The van der Waals surface area contributed by atoms with Crippen LogP contribution in [0.15, 0.2) is 24.3 Å². The maximum Gasteiger partial charge on any atom is 0.234 e. The molecule has 5 nitrogen and oxygen atoms in total. The van der Waals surface area contributed by atoms with Gasteiger partial charge in [-0.1, -0.05) is 25.1 Å². The Bertz CT molecular complexity index is 396. The second-order valence-electron chi connectivity index (χ2n) is 4.34. The van der Waals surface area contributed by atoms with Crippen molar-refractivity contribution in [2.45, 2.75) is 13.5 Å². The maximum atomic E-state index is 11.7. The molecular formula is C14H23N3O2. The predicted octanol–water partition coefficient (Wildman–Crippen LogP) is 0.853. The molecule has 0 bridgehead atoms. The molecule has 1 aromatic carbocycles. The first-order valence-corrected chi connectivity index (χ1v) is 6.48. The van der Waals surface area contributed by atoms with E-state index in [-0.39, 0.29) is 5.91 Å². The highest BCUT2D eigenvalue weighted by Crippen LogP contribution is 2.12. The fourth-order valence-electron chi connectivity index (χ4n) is 1.75. The summed E-state index contributed by atoms with van der Waals surface area (Å²) >= 11 is 0. The van der Waals surface area contributed by atoms with E-state index in [0.29, 0.717) is 26.2 Å². The number of likely N-dealkylation sites (N-methyl/N-ethyl adjacent to an activating group) is 1. The zero-order valence-corrected chi connectivity index (χ0v) is 11.7. The number of ether oxygens (including phenoxy) is 1. The van der Waals surface area contributed by atoms with E-state index in [4.69, 9.17) is 10.5 Å². The Kier molecular flexibility index (Phi) is 6.92. The normalized spacial score (nSPS) is 10.7. The number of nitrogens with one attached hydrogen (secondary N) is 1. The quantitative estimate of drug-likeness (QED) is 0.540. The molecule has 0 aliphatic carbocycles. The van der Waals surface area contributed by atoms with E-state index in [1.54, 1.807) is 7.11 Å². The number of carbonyl (C=O) groups is 1. The summed E-state index contributed by atoms with van der Waals surface area (Å²) in [6, 6.07) is 7.73. The molecule has 0 saturated heterocycles. The van der Waals surface area contributed by atoms with E-state index in [1.165, 1.54) is 0 Å². The molecule has 0 aliphatic heterocycles. The molecule has 19 heavy (non-hydrogen) atoms. The number of methoxy groups -OCH3 is 1. The molecule has 5 heteroatoms. The lowest BCUT2D eigenvalue weighted by Gasteiger charge is -2.20. The van der Waals surface area contributed by atoms with Crippen molar-refractivity contribution in [3.8, 4) is 0 Å². The first kappa shape index (κ1) is 15.5. The largest absolute Gasteiger partial charge is 0.398 e. The molecule has 3 N–H and O–H groups in total. The van der Waals surface area contributed by atoms with Gasteiger partial charge in [0.2, 0.25) is 5.91 Å². The van der Waals surface area contributed by atoms with Crippen LogP contribution in [0.2, 0.25) is 0 Å². The molecule has 0 saturated carbocycles. The van der Waals surface area contributed by atoms with Crippen molar-refractivity contribution in [2.75, 3.05) is 39.1 Å². The molecule has 0 aliphatic rings. The number of amides is 1. The second kappa shape index (κ2) is 8.50. The van der Waals surface area contributed by atoms with E-state index >= 15 is 0 Å².